The SMILES string of the molecule is NC(Cc1ccc(Br)cc1)c1ccc(Cl)c(F)c1. The zero-order valence-electron chi connectivity index (χ0n) is 9.54. The predicted octanol–water partition coefficient (Wildman–Crippen LogP) is 4.48. The van der Waals surface area contributed by atoms with E-state index >= 15 is 0 Å². The predicted molar refractivity (Wildman–Crippen MR) is 76.2 cm³/mol. The molecule has 0 saturated carbocycles. The second kappa shape index (κ2) is 5.83. The summed E-state index contributed by atoms with van der Waals surface area (Å²) in [4.78, 5) is 0. The second-order valence-corrected chi connectivity index (χ2v) is 5.43. The molecule has 0 saturated heterocycles. The number of rotatable bonds is 3. The smallest absolute Gasteiger partial charge is 0.142 e. The molecule has 1 unspecified atom stereocenters. The first-order valence-electron chi connectivity index (χ1n) is 5.51. The van der Waals surface area contributed by atoms with E-state index in [0.29, 0.717) is 6.42 Å². The Kier molecular flexibility index (Phi) is 4.38. The molecule has 1 atom stereocenters. The van der Waals surface area contributed by atoms with Crippen molar-refractivity contribution in [2.75, 3.05) is 0 Å². The summed E-state index contributed by atoms with van der Waals surface area (Å²) in [6, 6.07) is 12.4. The Hall–Kier alpha value is -0.900. The van der Waals surface area contributed by atoms with Crippen molar-refractivity contribution >= 4 is 27.5 Å². The van der Waals surface area contributed by atoms with Crippen LogP contribution in [0.25, 0.3) is 0 Å². The largest absolute Gasteiger partial charge is 0.324 e. The number of hydrogen-bond donors (Lipinski definition) is 1. The van der Waals surface area contributed by atoms with Gasteiger partial charge in [-0.2, -0.15) is 0 Å². The molecular weight excluding hydrogens is 317 g/mol. The second-order valence-electron chi connectivity index (χ2n) is 4.11. The maximum absolute atomic E-state index is 13.3. The van der Waals surface area contributed by atoms with Crippen LogP contribution in [0, 0.1) is 5.82 Å². The van der Waals surface area contributed by atoms with Gasteiger partial charge in [-0.25, -0.2) is 4.39 Å². The van der Waals surface area contributed by atoms with Crippen molar-refractivity contribution in [2.24, 2.45) is 5.73 Å². The number of hydrogen-bond acceptors (Lipinski definition) is 1. The standard InChI is InChI=1S/C14H12BrClFN/c15-11-4-1-9(2-5-11)7-14(18)10-3-6-12(16)13(17)8-10/h1-6,8,14H,7,18H2. The summed E-state index contributed by atoms with van der Waals surface area (Å²) >= 11 is 9.02. The minimum Gasteiger partial charge on any atom is -0.324 e. The van der Waals surface area contributed by atoms with Gasteiger partial charge in [0, 0.05) is 10.5 Å². The lowest BCUT2D eigenvalue weighted by Gasteiger charge is -2.12. The molecule has 18 heavy (non-hydrogen) atoms. The van der Waals surface area contributed by atoms with Gasteiger partial charge in [-0.15, -0.1) is 0 Å². The van der Waals surface area contributed by atoms with Gasteiger partial charge in [-0.3, -0.25) is 0 Å². The summed E-state index contributed by atoms with van der Waals surface area (Å²) in [7, 11) is 0. The van der Waals surface area contributed by atoms with Crippen LogP contribution in [-0.4, -0.2) is 0 Å². The highest BCUT2D eigenvalue weighted by atomic mass is 79.9. The monoisotopic (exact) mass is 327 g/mol. The van der Waals surface area contributed by atoms with Gasteiger partial charge in [0.15, 0.2) is 0 Å². The zero-order chi connectivity index (χ0) is 13.1. The van der Waals surface area contributed by atoms with Crippen LogP contribution in [0.4, 0.5) is 4.39 Å². The van der Waals surface area contributed by atoms with Crippen molar-refractivity contribution in [1.29, 1.82) is 0 Å². The van der Waals surface area contributed by atoms with Crippen molar-refractivity contribution in [3.63, 3.8) is 0 Å². The number of halogens is 3. The molecular formula is C14H12BrClFN. The van der Waals surface area contributed by atoms with Crippen LogP contribution < -0.4 is 5.73 Å². The molecule has 0 radical (unpaired) electrons. The molecule has 0 aliphatic heterocycles. The molecule has 0 amide bonds. The van der Waals surface area contributed by atoms with E-state index in [4.69, 9.17) is 17.3 Å². The average Bonchev–Trinajstić information content (AvgIpc) is 2.35. The molecule has 2 aromatic rings. The Bertz CT molecular complexity index is 542. The van der Waals surface area contributed by atoms with Crippen LogP contribution in [0.3, 0.4) is 0 Å². The molecule has 2 rings (SSSR count). The first-order valence-corrected chi connectivity index (χ1v) is 6.68. The van der Waals surface area contributed by atoms with E-state index in [1.165, 1.54) is 12.1 Å². The highest BCUT2D eigenvalue weighted by Crippen LogP contribution is 2.22. The fourth-order valence-corrected chi connectivity index (χ4v) is 2.12. The van der Waals surface area contributed by atoms with Crippen LogP contribution >= 0.6 is 27.5 Å². The Morgan fingerprint density at radius 1 is 1.17 bits per heavy atom. The summed E-state index contributed by atoms with van der Waals surface area (Å²) in [6.07, 6.45) is 0.661. The van der Waals surface area contributed by atoms with E-state index in [1.807, 2.05) is 24.3 Å². The summed E-state index contributed by atoms with van der Waals surface area (Å²) in [5.41, 5.74) is 7.92. The van der Waals surface area contributed by atoms with E-state index in [-0.39, 0.29) is 11.1 Å². The van der Waals surface area contributed by atoms with Crippen molar-refractivity contribution in [3.8, 4) is 0 Å². The molecule has 0 fully saturated rings. The van der Waals surface area contributed by atoms with Gasteiger partial charge in [-0.05, 0) is 41.8 Å². The number of benzene rings is 2. The fraction of sp³-hybridized carbons (Fsp3) is 0.143. The van der Waals surface area contributed by atoms with E-state index in [2.05, 4.69) is 15.9 Å². The minimum atomic E-state index is -0.430. The molecule has 0 bridgehead atoms. The topological polar surface area (TPSA) is 26.0 Å². The molecule has 4 heteroatoms. The minimum absolute atomic E-state index is 0.120. The molecule has 94 valence electrons. The van der Waals surface area contributed by atoms with E-state index in [1.54, 1.807) is 6.07 Å². The van der Waals surface area contributed by atoms with Gasteiger partial charge in [-0.1, -0.05) is 45.7 Å². The lowest BCUT2D eigenvalue weighted by molar-refractivity contribution is 0.619. The van der Waals surface area contributed by atoms with Crippen molar-refractivity contribution < 1.29 is 4.39 Å². The molecule has 0 aliphatic carbocycles. The first kappa shape index (κ1) is 13.5. The van der Waals surface area contributed by atoms with E-state index in [9.17, 15) is 4.39 Å². The van der Waals surface area contributed by atoms with Crippen molar-refractivity contribution in [3.05, 3.63) is 68.9 Å². The summed E-state index contributed by atoms with van der Waals surface area (Å²) < 4.78 is 14.4. The van der Waals surface area contributed by atoms with Gasteiger partial charge < -0.3 is 5.73 Å². The molecule has 0 spiro atoms. The summed E-state index contributed by atoms with van der Waals surface area (Å²) in [5, 5.41) is 0.120. The number of nitrogens with two attached hydrogens (primary N) is 1. The summed E-state index contributed by atoms with van der Waals surface area (Å²) in [6.45, 7) is 0. The summed E-state index contributed by atoms with van der Waals surface area (Å²) in [5.74, 6) is -0.430. The van der Waals surface area contributed by atoms with Crippen LogP contribution in [0.1, 0.15) is 17.2 Å². The molecule has 1 nitrogen and oxygen atoms in total. The van der Waals surface area contributed by atoms with Crippen LogP contribution in [0.15, 0.2) is 46.9 Å². The first-order chi connectivity index (χ1) is 8.56. The Labute approximate surface area is 119 Å². The highest BCUT2D eigenvalue weighted by molar-refractivity contribution is 9.10. The lowest BCUT2D eigenvalue weighted by Crippen LogP contribution is -2.13. The molecule has 0 heterocycles. The Morgan fingerprint density at radius 3 is 2.44 bits per heavy atom. The highest BCUT2D eigenvalue weighted by Gasteiger charge is 2.09. The van der Waals surface area contributed by atoms with Crippen LogP contribution in [0.5, 0.6) is 0 Å². The van der Waals surface area contributed by atoms with Gasteiger partial charge >= 0.3 is 0 Å². The van der Waals surface area contributed by atoms with Gasteiger partial charge in [0.25, 0.3) is 0 Å². The third kappa shape index (κ3) is 3.31. The third-order valence-corrected chi connectivity index (χ3v) is 3.58. The maximum atomic E-state index is 13.3. The Morgan fingerprint density at radius 2 is 1.83 bits per heavy atom. The molecule has 0 aromatic heterocycles. The molecule has 0 aliphatic rings. The molecule has 2 aromatic carbocycles. The van der Waals surface area contributed by atoms with Crippen molar-refractivity contribution in [2.45, 2.75) is 12.5 Å². The third-order valence-electron chi connectivity index (χ3n) is 2.74. The lowest BCUT2D eigenvalue weighted by atomic mass is 10.00. The van der Waals surface area contributed by atoms with Crippen LogP contribution in [-0.2, 0) is 6.42 Å². The van der Waals surface area contributed by atoms with Gasteiger partial charge in [0.1, 0.15) is 5.82 Å². The van der Waals surface area contributed by atoms with E-state index in [0.717, 1.165) is 15.6 Å². The van der Waals surface area contributed by atoms with Crippen LogP contribution in [0.2, 0.25) is 5.02 Å². The zero-order valence-corrected chi connectivity index (χ0v) is 11.9. The fourth-order valence-electron chi connectivity index (χ4n) is 1.74. The molecule has 2 N–H and O–H groups in total. The quantitative estimate of drug-likeness (QED) is 0.883. The van der Waals surface area contributed by atoms with Gasteiger partial charge in [0.2, 0.25) is 0 Å². The van der Waals surface area contributed by atoms with E-state index < -0.39 is 5.82 Å². The normalized spacial score (nSPS) is 12.4. The average molecular weight is 329 g/mol. The van der Waals surface area contributed by atoms with Crippen molar-refractivity contribution in [1.82, 2.24) is 0 Å². The van der Waals surface area contributed by atoms with Gasteiger partial charge in [0.05, 0.1) is 5.02 Å². The maximum Gasteiger partial charge on any atom is 0.142 e. The Balaban J connectivity index is 2.13.